The molecule has 3 aliphatic rings. The molecule has 1 amide bonds. The number of phenols is 1. The molecule has 5 atom stereocenters. The summed E-state index contributed by atoms with van der Waals surface area (Å²) in [5.41, 5.74) is 9.07. The molecule has 3 unspecified atom stereocenters. The van der Waals surface area contributed by atoms with Crippen molar-refractivity contribution in [2.24, 2.45) is 23.5 Å². The minimum absolute atomic E-state index is 0.00428. The molecule has 250 valence electrons. The number of nitrogens with two attached hydrogens (primary N) is 2. The zero-order valence-electron chi connectivity index (χ0n) is 26.0. The number of phenolic OH excluding ortho intramolecular Hbond substituents is 1. The van der Waals surface area contributed by atoms with Crippen LogP contribution < -0.4 is 16.4 Å². The van der Waals surface area contributed by atoms with Gasteiger partial charge in [0.15, 0.2) is 11.4 Å². The summed E-state index contributed by atoms with van der Waals surface area (Å²) in [6, 6.07) is 0.724. The summed E-state index contributed by atoms with van der Waals surface area (Å²) in [5, 5.41) is 45.2. The normalized spacial score (nSPS) is 25.4. The van der Waals surface area contributed by atoms with Crippen LogP contribution in [0, 0.1) is 17.8 Å². The maximum atomic E-state index is 14.1. The van der Waals surface area contributed by atoms with Gasteiger partial charge in [-0.15, -0.1) is 0 Å². The summed E-state index contributed by atoms with van der Waals surface area (Å²) >= 11 is 0. The monoisotopic (exact) mass is 654 g/mol. The molecule has 0 saturated heterocycles. The van der Waals surface area contributed by atoms with Crippen molar-refractivity contribution in [1.29, 1.82) is 0 Å². The van der Waals surface area contributed by atoms with E-state index >= 15 is 0 Å². The largest absolute Gasteiger partial charge is 0.510 e. The molecule has 3 aliphatic carbocycles. The molecule has 0 saturated carbocycles. The first-order valence-corrected chi connectivity index (χ1v) is 15.7. The third-order valence-corrected chi connectivity index (χ3v) is 8.72. The molecule has 0 heterocycles. The van der Waals surface area contributed by atoms with Crippen LogP contribution in [0.25, 0.3) is 0 Å². The van der Waals surface area contributed by atoms with E-state index in [9.17, 15) is 34.8 Å². The van der Waals surface area contributed by atoms with Crippen molar-refractivity contribution in [3.8, 4) is 5.75 Å². The molecule has 16 heteroatoms. The predicted molar refractivity (Wildman–Crippen MR) is 164 cm³/mol. The van der Waals surface area contributed by atoms with E-state index in [0.29, 0.717) is 17.8 Å². The van der Waals surface area contributed by atoms with Crippen LogP contribution in [0.4, 0.5) is 11.4 Å². The molecule has 0 aliphatic heterocycles. The van der Waals surface area contributed by atoms with Crippen LogP contribution in [-0.2, 0) is 26.4 Å². The second-order valence-corrected chi connectivity index (χ2v) is 13.3. The van der Waals surface area contributed by atoms with E-state index in [1.807, 2.05) is 0 Å². The number of fused-ring (bicyclic) bond motifs is 3. The van der Waals surface area contributed by atoms with Crippen molar-refractivity contribution in [3.63, 3.8) is 0 Å². The molecule has 0 radical (unpaired) electrons. The Morgan fingerprint density at radius 3 is 2.16 bits per heavy atom. The number of aliphatic hydroxyl groups excluding tert-OH is 2. The van der Waals surface area contributed by atoms with Gasteiger partial charge in [0.1, 0.15) is 22.8 Å². The number of aromatic hydroxyl groups is 1. The van der Waals surface area contributed by atoms with Crippen LogP contribution in [0.2, 0.25) is 0 Å². The van der Waals surface area contributed by atoms with Gasteiger partial charge in [0, 0.05) is 29.8 Å². The lowest BCUT2D eigenvalue weighted by molar-refractivity contribution is -0.148. The highest BCUT2D eigenvalue weighted by Crippen LogP contribution is 2.54. The maximum absolute atomic E-state index is 14.1. The summed E-state index contributed by atoms with van der Waals surface area (Å²) in [7, 11) is -1.47. The van der Waals surface area contributed by atoms with E-state index in [1.54, 1.807) is 20.2 Å². The SMILES string of the molecule is CCC(C)N(CC(C)C)c1cc(N)c(O)c2c1CC1CC3[C@H](N(C)C)C(O)=C(C(N)=O)C(=O)[C@@]3(O)C(O)=C1C2=O.O=S(=O)(O)O. The number of allylic oxidation sites excluding steroid dienone is 1. The highest BCUT2D eigenvalue weighted by Gasteiger charge is 2.63. The minimum atomic E-state index is -4.67. The third kappa shape index (κ3) is 6.37. The van der Waals surface area contributed by atoms with E-state index in [0.717, 1.165) is 6.42 Å². The van der Waals surface area contributed by atoms with Gasteiger partial charge in [-0.2, -0.15) is 8.42 Å². The number of hydrogen-bond acceptors (Lipinski definition) is 12. The average molecular weight is 655 g/mol. The van der Waals surface area contributed by atoms with Crippen LogP contribution in [-0.4, -0.2) is 98.6 Å². The zero-order chi connectivity index (χ0) is 34.5. The fourth-order valence-electron chi connectivity index (χ4n) is 6.70. The lowest BCUT2D eigenvalue weighted by Crippen LogP contribution is -2.63. The number of likely N-dealkylation sites (N-methyl/N-ethyl adjacent to an activating group) is 1. The standard InChI is InChI=1S/C29H40N4O7.H2O4S/c1-7-13(4)33(11-12(2)3)18-10-17(30)23(34)20-15(18)8-14-9-16-22(32(5)6)25(36)21(28(31)39)27(38)29(16,40)26(37)19(14)24(20)35;1-5(2,3)4/h10,12-14,16,22,34,36-37,40H,7-9,11,30H2,1-6H3,(H2,31,39);(H2,1,2,3,4)/t13?,14?,16?,22-,29-;/m0./s1. The Bertz CT molecular complexity index is 1580. The summed E-state index contributed by atoms with van der Waals surface area (Å²) in [6.45, 7) is 8.97. The number of carbonyl (C=O) groups is 3. The molecule has 45 heavy (non-hydrogen) atoms. The Hall–Kier alpha value is -3.70. The Balaban J connectivity index is 0.00000102. The van der Waals surface area contributed by atoms with Crippen LogP contribution in [0.15, 0.2) is 28.7 Å². The highest BCUT2D eigenvalue weighted by atomic mass is 32.3. The molecule has 0 spiro atoms. The molecular formula is C29H42N4O11S. The topological polar surface area (TPSA) is 265 Å². The first-order valence-electron chi connectivity index (χ1n) is 14.3. The number of Topliss-reactive ketones (excluding diaryl/α,β-unsaturated/α-hetero) is 2. The van der Waals surface area contributed by atoms with Crippen molar-refractivity contribution in [2.45, 2.75) is 64.6 Å². The van der Waals surface area contributed by atoms with Crippen molar-refractivity contribution >= 4 is 39.2 Å². The fourth-order valence-corrected chi connectivity index (χ4v) is 6.70. The molecule has 0 aromatic heterocycles. The Kier molecular flexibility index (Phi) is 10.0. The van der Waals surface area contributed by atoms with Crippen LogP contribution in [0.1, 0.15) is 56.5 Å². The van der Waals surface area contributed by atoms with Crippen LogP contribution in [0.5, 0.6) is 5.75 Å². The summed E-state index contributed by atoms with van der Waals surface area (Å²) in [4.78, 5) is 43.3. The van der Waals surface area contributed by atoms with Gasteiger partial charge in [-0.3, -0.25) is 28.4 Å². The second-order valence-electron chi connectivity index (χ2n) is 12.4. The Morgan fingerprint density at radius 2 is 1.69 bits per heavy atom. The number of primary amides is 1. The lowest BCUT2D eigenvalue weighted by Gasteiger charge is -2.50. The number of ketones is 2. The molecule has 0 bridgehead atoms. The van der Waals surface area contributed by atoms with Crippen molar-refractivity contribution in [3.05, 3.63) is 39.9 Å². The number of nitrogen functional groups attached to an aromatic ring is 1. The molecular weight excluding hydrogens is 612 g/mol. The first-order chi connectivity index (χ1) is 20.6. The van der Waals surface area contributed by atoms with Gasteiger partial charge >= 0.3 is 10.4 Å². The fraction of sp³-hybridized carbons (Fsp3) is 0.552. The smallest absolute Gasteiger partial charge is 0.394 e. The zero-order valence-corrected chi connectivity index (χ0v) is 26.8. The summed E-state index contributed by atoms with van der Waals surface area (Å²) < 4.78 is 31.6. The summed E-state index contributed by atoms with van der Waals surface area (Å²) in [5.74, 6) is -6.63. The van der Waals surface area contributed by atoms with Crippen molar-refractivity contribution in [2.75, 3.05) is 31.3 Å². The molecule has 15 nitrogen and oxygen atoms in total. The molecule has 0 fully saturated rings. The number of benzene rings is 1. The van der Waals surface area contributed by atoms with E-state index in [-0.39, 0.29) is 41.6 Å². The predicted octanol–water partition coefficient (Wildman–Crippen LogP) is 1.31. The van der Waals surface area contributed by atoms with Crippen LogP contribution >= 0.6 is 0 Å². The van der Waals surface area contributed by atoms with Crippen molar-refractivity contribution in [1.82, 2.24) is 4.90 Å². The van der Waals surface area contributed by atoms with Crippen molar-refractivity contribution < 1.29 is 52.3 Å². The number of rotatable bonds is 7. The van der Waals surface area contributed by atoms with E-state index in [1.165, 1.54) is 4.90 Å². The van der Waals surface area contributed by atoms with E-state index in [2.05, 4.69) is 32.6 Å². The van der Waals surface area contributed by atoms with Gasteiger partial charge in [-0.05, 0) is 63.7 Å². The van der Waals surface area contributed by atoms with E-state index in [4.69, 9.17) is 29.0 Å². The van der Waals surface area contributed by atoms with Gasteiger partial charge in [0.25, 0.3) is 5.91 Å². The van der Waals surface area contributed by atoms with Gasteiger partial charge in [0.05, 0.1) is 17.3 Å². The highest BCUT2D eigenvalue weighted by molar-refractivity contribution is 7.79. The van der Waals surface area contributed by atoms with Gasteiger partial charge < -0.3 is 36.8 Å². The molecule has 1 aromatic carbocycles. The Morgan fingerprint density at radius 1 is 1.13 bits per heavy atom. The van der Waals surface area contributed by atoms with E-state index < -0.39 is 74.2 Å². The number of aliphatic hydroxyl groups is 3. The third-order valence-electron chi connectivity index (χ3n) is 8.72. The van der Waals surface area contributed by atoms with Crippen LogP contribution in [0.3, 0.4) is 0 Å². The number of carbonyl (C=O) groups excluding carboxylic acids is 3. The number of amides is 1. The average Bonchev–Trinajstić information content (AvgIpc) is 2.89. The number of hydrogen-bond donors (Lipinski definition) is 8. The second kappa shape index (κ2) is 12.6. The van der Waals surface area contributed by atoms with Gasteiger partial charge in [-0.1, -0.05) is 20.8 Å². The molecule has 10 N–H and O–H groups in total. The van der Waals surface area contributed by atoms with Gasteiger partial charge in [0.2, 0.25) is 5.78 Å². The summed E-state index contributed by atoms with van der Waals surface area (Å²) in [6.07, 6.45) is 1.06. The first kappa shape index (κ1) is 35.8. The van der Waals surface area contributed by atoms with Gasteiger partial charge in [-0.25, -0.2) is 0 Å². The quantitative estimate of drug-likeness (QED) is 0.0892. The number of anilines is 2. The Labute approximate surface area is 261 Å². The maximum Gasteiger partial charge on any atom is 0.394 e. The lowest BCUT2D eigenvalue weighted by atomic mass is 9.58. The minimum Gasteiger partial charge on any atom is -0.510 e. The number of nitrogens with zero attached hydrogens (tertiary/aromatic N) is 2. The molecule has 4 rings (SSSR count). The molecule has 1 aromatic rings.